The molecule has 2 aromatic carbocycles. The number of hydrogen-bond acceptors (Lipinski definition) is 5. The first kappa shape index (κ1) is 26.2. The molecule has 0 spiro atoms. The van der Waals surface area contributed by atoms with E-state index in [0.29, 0.717) is 5.69 Å². The monoisotopic (exact) mass is 490 g/mol. The maximum absolute atomic E-state index is 13.2. The first-order valence-electron chi connectivity index (χ1n) is 11.3. The third kappa shape index (κ3) is 7.30. The standard InChI is InChI=1S/C27H27FN4O4/c1-27(2,32-24(34)19-11-13-20(28)14-12-19)26(36)31-22(16-18-8-4-3-5-9-18)23(33)25(35)30-17-21-10-6-7-15-29-21/h3-15,22H,16-17H2,1-2H3,(H,30,35)(H,31,36)(H,32,34)/t22-/m1/s1. The van der Waals surface area contributed by atoms with E-state index in [1.165, 1.54) is 26.0 Å². The molecule has 8 nitrogen and oxygen atoms in total. The lowest BCUT2D eigenvalue weighted by molar-refractivity contribution is -0.140. The van der Waals surface area contributed by atoms with E-state index >= 15 is 0 Å². The van der Waals surface area contributed by atoms with E-state index < -0.39 is 40.9 Å². The molecule has 0 aliphatic rings. The molecular formula is C27H27FN4O4. The molecule has 1 aromatic heterocycles. The predicted molar refractivity (Wildman–Crippen MR) is 131 cm³/mol. The van der Waals surface area contributed by atoms with Crippen LogP contribution in [0.2, 0.25) is 0 Å². The van der Waals surface area contributed by atoms with Gasteiger partial charge in [0, 0.05) is 18.2 Å². The lowest BCUT2D eigenvalue weighted by Crippen LogP contribution is -2.59. The van der Waals surface area contributed by atoms with E-state index in [0.717, 1.165) is 17.7 Å². The molecule has 3 amide bonds. The first-order valence-corrected chi connectivity index (χ1v) is 11.3. The van der Waals surface area contributed by atoms with Crippen molar-refractivity contribution in [1.29, 1.82) is 0 Å². The Morgan fingerprint density at radius 2 is 1.58 bits per heavy atom. The van der Waals surface area contributed by atoms with E-state index in [2.05, 4.69) is 20.9 Å². The van der Waals surface area contributed by atoms with Gasteiger partial charge in [-0.15, -0.1) is 0 Å². The fraction of sp³-hybridized carbons (Fsp3) is 0.222. The molecule has 0 bridgehead atoms. The number of benzene rings is 2. The maximum Gasteiger partial charge on any atom is 0.289 e. The van der Waals surface area contributed by atoms with Gasteiger partial charge in [-0.3, -0.25) is 24.2 Å². The van der Waals surface area contributed by atoms with Crippen molar-refractivity contribution in [3.8, 4) is 0 Å². The minimum atomic E-state index is -1.44. The van der Waals surface area contributed by atoms with Gasteiger partial charge in [0.2, 0.25) is 11.7 Å². The third-order valence-electron chi connectivity index (χ3n) is 5.38. The number of ketones is 1. The Morgan fingerprint density at radius 1 is 0.917 bits per heavy atom. The van der Waals surface area contributed by atoms with E-state index in [4.69, 9.17) is 0 Å². The summed E-state index contributed by atoms with van der Waals surface area (Å²) in [4.78, 5) is 55.4. The van der Waals surface area contributed by atoms with Crippen LogP contribution in [0.15, 0.2) is 79.0 Å². The molecule has 0 aliphatic carbocycles. The van der Waals surface area contributed by atoms with Crippen LogP contribution in [0.4, 0.5) is 4.39 Å². The van der Waals surface area contributed by atoms with Gasteiger partial charge in [0.1, 0.15) is 17.4 Å². The van der Waals surface area contributed by atoms with Gasteiger partial charge in [-0.05, 0) is 55.8 Å². The fourth-order valence-electron chi connectivity index (χ4n) is 3.33. The molecule has 0 radical (unpaired) electrons. The smallest absolute Gasteiger partial charge is 0.289 e. The molecule has 0 saturated heterocycles. The molecule has 3 aromatic rings. The number of amides is 3. The predicted octanol–water partition coefficient (Wildman–Crippen LogP) is 2.34. The number of carbonyl (C=O) groups is 4. The molecule has 3 N–H and O–H groups in total. The number of carbonyl (C=O) groups excluding carboxylic acids is 4. The van der Waals surface area contributed by atoms with Crippen LogP contribution >= 0.6 is 0 Å². The summed E-state index contributed by atoms with van der Waals surface area (Å²) in [5, 5.41) is 7.73. The Hall–Kier alpha value is -4.40. The molecular weight excluding hydrogens is 463 g/mol. The van der Waals surface area contributed by atoms with Gasteiger partial charge in [-0.25, -0.2) is 4.39 Å². The van der Waals surface area contributed by atoms with Gasteiger partial charge >= 0.3 is 0 Å². The average molecular weight is 491 g/mol. The summed E-state index contributed by atoms with van der Waals surface area (Å²) in [7, 11) is 0. The van der Waals surface area contributed by atoms with Crippen LogP contribution in [-0.4, -0.2) is 40.1 Å². The van der Waals surface area contributed by atoms with Gasteiger partial charge in [0.05, 0.1) is 12.2 Å². The number of hydrogen-bond donors (Lipinski definition) is 3. The topological polar surface area (TPSA) is 117 Å². The van der Waals surface area contributed by atoms with Crippen LogP contribution in [0.3, 0.4) is 0 Å². The van der Waals surface area contributed by atoms with Crippen molar-refractivity contribution < 1.29 is 23.6 Å². The number of nitrogens with zero attached hydrogens (tertiary/aromatic N) is 1. The second kappa shape index (κ2) is 11.8. The molecule has 186 valence electrons. The van der Waals surface area contributed by atoms with Crippen LogP contribution in [0.1, 0.15) is 35.5 Å². The van der Waals surface area contributed by atoms with Crippen molar-refractivity contribution in [1.82, 2.24) is 20.9 Å². The number of rotatable bonds is 10. The zero-order valence-electron chi connectivity index (χ0n) is 20.0. The van der Waals surface area contributed by atoms with Gasteiger partial charge in [0.25, 0.3) is 11.8 Å². The van der Waals surface area contributed by atoms with Crippen molar-refractivity contribution >= 4 is 23.5 Å². The fourth-order valence-corrected chi connectivity index (χ4v) is 3.33. The minimum absolute atomic E-state index is 0.0522. The number of halogens is 1. The van der Waals surface area contributed by atoms with Crippen LogP contribution in [0, 0.1) is 5.82 Å². The largest absolute Gasteiger partial charge is 0.344 e. The second-order valence-corrected chi connectivity index (χ2v) is 8.67. The number of pyridine rings is 1. The van der Waals surface area contributed by atoms with Gasteiger partial charge in [0.15, 0.2) is 0 Å². The highest BCUT2D eigenvalue weighted by Gasteiger charge is 2.35. The Morgan fingerprint density at radius 3 is 2.22 bits per heavy atom. The second-order valence-electron chi connectivity index (χ2n) is 8.67. The summed E-state index contributed by atoms with van der Waals surface area (Å²) >= 11 is 0. The quantitative estimate of drug-likeness (QED) is 0.377. The molecule has 0 saturated carbocycles. The Bertz CT molecular complexity index is 1220. The molecule has 0 aliphatic heterocycles. The summed E-state index contributed by atoms with van der Waals surface area (Å²) in [6.45, 7) is 2.99. The van der Waals surface area contributed by atoms with Gasteiger partial charge in [-0.2, -0.15) is 0 Å². The molecule has 9 heteroatoms. The van der Waals surface area contributed by atoms with Crippen LogP contribution in [0.25, 0.3) is 0 Å². The zero-order chi connectivity index (χ0) is 26.1. The summed E-state index contributed by atoms with van der Waals surface area (Å²) < 4.78 is 13.2. The summed E-state index contributed by atoms with van der Waals surface area (Å²) in [6.07, 6.45) is 1.65. The molecule has 0 fully saturated rings. The van der Waals surface area contributed by atoms with Crippen molar-refractivity contribution in [2.75, 3.05) is 0 Å². The van der Waals surface area contributed by atoms with Crippen molar-refractivity contribution in [2.45, 2.75) is 38.4 Å². The van der Waals surface area contributed by atoms with E-state index in [1.54, 1.807) is 48.7 Å². The minimum Gasteiger partial charge on any atom is -0.344 e. The Balaban J connectivity index is 1.71. The Kier molecular flexibility index (Phi) is 8.61. The van der Waals surface area contributed by atoms with Crippen LogP contribution < -0.4 is 16.0 Å². The normalized spacial score (nSPS) is 11.8. The van der Waals surface area contributed by atoms with E-state index in [-0.39, 0.29) is 18.5 Å². The summed E-state index contributed by atoms with van der Waals surface area (Å²) in [5.41, 5.74) is 0.0438. The maximum atomic E-state index is 13.2. The van der Waals surface area contributed by atoms with E-state index in [1.807, 2.05) is 6.07 Å². The number of aromatic nitrogens is 1. The van der Waals surface area contributed by atoms with Crippen LogP contribution in [-0.2, 0) is 27.3 Å². The molecule has 36 heavy (non-hydrogen) atoms. The first-order chi connectivity index (χ1) is 17.2. The SMILES string of the molecule is CC(C)(NC(=O)c1ccc(F)cc1)C(=O)N[C@H](Cc1ccccc1)C(=O)C(=O)NCc1ccccn1. The molecule has 0 unspecified atom stereocenters. The number of nitrogens with one attached hydrogen (secondary N) is 3. The van der Waals surface area contributed by atoms with Gasteiger partial charge < -0.3 is 16.0 Å². The van der Waals surface area contributed by atoms with Crippen molar-refractivity contribution in [3.63, 3.8) is 0 Å². The highest BCUT2D eigenvalue weighted by Crippen LogP contribution is 2.10. The molecule has 1 atom stereocenters. The summed E-state index contributed by atoms with van der Waals surface area (Å²) in [5.74, 6) is -3.44. The van der Waals surface area contributed by atoms with Crippen molar-refractivity contribution in [3.05, 3.63) is 102 Å². The highest BCUT2D eigenvalue weighted by atomic mass is 19.1. The highest BCUT2D eigenvalue weighted by molar-refractivity contribution is 6.38. The van der Waals surface area contributed by atoms with Crippen LogP contribution in [0.5, 0.6) is 0 Å². The van der Waals surface area contributed by atoms with Gasteiger partial charge in [-0.1, -0.05) is 36.4 Å². The lowest BCUT2D eigenvalue weighted by Gasteiger charge is -2.28. The number of Topliss-reactive ketones (excluding diaryl/α,β-unsaturated/α-hetero) is 1. The molecule has 3 rings (SSSR count). The lowest BCUT2D eigenvalue weighted by atomic mass is 9.98. The molecule has 1 heterocycles. The van der Waals surface area contributed by atoms with Crippen molar-refractivity contribution in [2.24, 2.45) is 0 Å². The average Bonchev–Trinajstić information content (AvgIpc) is 2.87. The third-order valence-corrected chi connectivity index (χ3v) is 5.38. The summed E-state index contributed by atoms with van der Waals surface area (Å²) in [6, 6.07) is 17.8. The Labute approximate surface area is 208 Å². The van der Waals surface area contributed by atoms with E-state index in [9.17, 15) is 23.6 Å². The zero-order valence-corrected chi connectivity index (χ0v) is 20.0.